The summed E-state index contributed by atoms with van der Waals surface area (Å²) in [6, 6.07) is 6.37. The normalized spacial score (nSPS) is 10.8. The number of aromatic amines is 1. The molecule has 0 fully saturated rings. The Morgan fingerprint density at radius 2 is 2.15 bits per heavy atom. The van der Waals surface area contributed by atoms with Gasteiger partial charge in [-0.25, -0.2) is 0 Å². The molecule has 1 aromatic carbocycles. The van der Waals surface area contributed by atoms with E-state index < -0.39 is 20.6 Å². The summed E-state index contributed by atoms with van der Waals surface area (Å²) in [6.45, 7) is 0. The third-order valence-corrected chi connectivity index (χ3v) is 3.63. The van der Waals surface area contributed by atoms with E-state index in [4.69, 9.17) is 5.26 Å². The van der Waals surface area contributed by atoms with Crippen LogP contribution in [0.4, 0.5) is 11.4 Å². The minimum absolute atomic E-state index is 0.0567. The second-order valence-electron chi connectivity index (χ2n) is 3.63. The Kier molecular flexibility index (Phi) is 3.36. The van der Waals surface area contributed by atoms with Gasteiger partial charge in [0.05, 0.1) is 22.8 Å². The van der Waals surface area contributed by atoms with Crippen molar-refractivity contribution in [3.8, 4) is 6.07 Å². The van der Waals surface area contributed by atoms with Crippen molar-refractivity contribution in [2.75, 3.05) is 4.72 Å². The molecule has 0 aliphatic heterocycles. The molecular formula is C10H7N5O4S. The van der Waals surface area contributed by atoms with Crippen LogP contribution in [0.15, 0.2) is 35.5 Å². The standard InChI is InChI=1S/C10H7N5O4S/c11-6-7-1-2-8(9(5-7)15(16)17)14-20(18,19)10-3-4-12-13-10/h1-5,14H,(H,12,13). The molecule has 2 N–H and O–H groups in total. The number of anilines is 1. The fourth-order valence-corrected chi connectivity index (χ4v) is 2.42. The first kappa shape index (κ1) is 13.5. The average molecular weight is 293 g/mol. The Balaban J connectivity index is 2.45. The third kappa shape index (κ3) is 2.57. The van der Waals surface area contributed by atoms with Crippen molar-refractivity contribution in [1.82, 2.24) is 10.2 Å². The summed E-state index contributed by atoms with van der Waals surface area (Å²) in [5.74, 6) is 0. The molecule has 10 heteroatoms. The number of benzene rings is 1. The molecule has 0 spiro atoms. The first-order valence-corrected chi connectivity index (χ1v) is 6.63. The summed E-state index contributed by atoms with van der Waals surface area (Å²) in [5.41, 5.74) is -0.683. The van der Waals surface area contributed by atoms with Crippen LogP contribution < -0.4 is 4.72 Å². The third-order valence-electron chi connectivity index (χ3n) is 2.33. The summed E-state index contributed by atoms with van der Waals surface area (Å²) >= 11 is 0. The van der Waals surface area contributed by atoms with Crippen LogP contribution in [0.25, 0.3) is 0 Å². The molecule has 2 rings (SSSR count). The SMILES string of the molecule is N#Cc1ccc(NS(=O)(=O)c2ccn[nH]2)c([N+](=O)[O-])c1. The van der Waals surface area contributed by atoms with E-state index in [1.54, 1.807) is 6.07 Å². The lowest BCUT2D eigenvalue weighted by molar-refractivity contribution is -0.383. The summed E-state index contributed by atoms with van der Waals surface area (Å²) in [6.07, 6.45) is 1.24. The van der Waals surface area contributed by atoms with Crippen molar-refractivity contribution in [3.63, 3.8) is 0 Å². The number of H-pyrrole nitrogens is 1. The van der Waals surface area contributed by atoms with Crippen LogP contribution in [0.2, 0.25) is 0 Å². The van der Waals surface area contributed by atoms with Crippen molar-refractivity contribution in [2.45, 2.75) is 5.03 Å². The molecule has 0 atom stereocenters. The van der Waals surface area contributed by atoms with E-state index in [0.29, 0.717) is 0 Å². The van der Waals surface area contributed by atoms with Gasteiger partial charge in [0.25, 0.3) is 15.7 Å². The molecule has 0 bridgehead atoms. The lowest BCUT2D eigenvalue weighted by Gasteiger charge is -2.06. The van der Waals surface area contributed by atoms with Crippen molar-refractivity contribution in [2.24, 2.45) is 0 Å². The topological polar surface area (TPSA) is 142 Å². The van der Waals surface area contributed by atoms with E-state index in [0.717, 1.165) is 12.1 Å². The second-order valence-corrected chi connectivity index (χ2v) is 5.28. The molecule has 20 heavy (non-hydrogen) atoms. The van der Waals surface area contributed by atoms with E-state index >= 15 is 0 Å². The van der Waals surface area contributed by atoms with Crippen LogP contribution in [0.3, 0.4) is 0 Å². The number of nitro benzene ring substituents is 1. The molecule has 9 nitrogen and oxygen atoms in total. The minimum Gasteiger partial charge on any atom is -0.272 e. The zero-order valence-electron chi connectivity index (χ0n) is 9.77. The Hall–Kier alpha value is -2.93. The van der Waals surface area contributed by atoms with Crippen molar-refractivity contribution < 1.29 is 13.3 Å². The predicted molar refractivity (Wildman–Crippen MR) is 67.2 cm³/mol. The molecule has 0 aliphatic rings. The Morgan fingerprint density at radius 1 is 1.40 bits per heavy atom. The van der Waals surface area contributed by atoms with Gasteiger partial charge in [-0.1, -0.05) is 0 Å². The number of nitro groups is 1. The quantitative estimate of drug-likeness (QED) is 0.635. The van der Waals surface area contributed by atoms with Crippen LogP contribution in [-0.2, 0) is 10.0 Å². The number of hydrogen-bond donors (Lipinski definition) is 2. The highest BCUT2D eigenvalue weighted by Crippen LogP contribution is 2.27. The van der Waals surface area contributed by atoms with Crippen LogP contribution >= 0.6 is 0 Å². The Morgan fingerprint density at radius 3 is 2.70 bits per heavy atom. The second kappa shape index (κ2) is 4.98. The molecule has 0 aliphatic carbocycles. The first-order chi connectivity index (χ1) is 9.44. The molecular weight excluding hydrogens is 286 g/mol. The van der Waals surface area contributed by atoms with E-state index in [1.165, 1.54) is 18.3 Å². The lowest BCUT2D eigenvalue weighted by Crippen LogP contribution is -2.14. The zero-order chi connectivity index (χ0) is 14.8. The number of hydrogen-bond acceptors (Lipinski definition) is 6. The summed E-state index contributed by atoms with van der Waals surface area (Å²) in [5, 5.41) is 25.1. The summed E-state index contributed by atoms with van der Waals surface area (Å²) in [4.78, 5) is 10.1. The number of aromatic nitrogens is 2. The van der Waals surface area contributed by atoms with Crippen LogP contribution in [0, 0.1) is 21.4 Å². The van der Waals surface area contributed by atoms with Gasteiger partial charge >= 0.3 is 0 Å². The van der Waals surface area contributed by atoms with Crippen molar-refractivity contribution in [1.29, 1.82) is 5.26 Å². The maximum atomic E-state index is 11.9. The predicted octanol–water partition coefficient (Wildman–Crippen LogP) is 0.990. The molecule has 1 aromatic heterocycles. The molecule has 0 amide bonds. The van der Waals surface area contributed by atoms with E-state index in [2.05, 4.69) is 14.9 Å². The first-order valence-electron chi connectivity index (χ1n) is 5.15. The van der Waals surface area contributed by atoms with Gasteiger partial charge in [0.15, 0.2) is 5.03 Å². The van der Waals surface area contributed by atoms with Gasteiger partial charge < -0.3 is 0 Å². The smallest absolute Gasteiger partial charge is 0.272 e. The van der Waals surface area contributed by atoms with Crippen molar-refractivity contribution >= 4 is 21.4 Å². The number of nitrogens with zero attached hydrogens (tertiary/aromatic N) is 3. The molecule has 2 aromatic rings. The molecule has 0 radical (unpaired) electrons. The fraction of sp³-hybridized carbons (Fsp3) is 0. The van der Waals surface area contributed by atoms with Gasteiger partial charge in [0, 0.05) is 6.07 Å². The largest absolute Gasteiger partial charge is 0.294 e. The van der Waals surface area contributed by atoms with Crippen LogP contribution in [0.1, 0.15) is 5.56 Å². The van der Waals surface area contributed by atoms with Crippen molar-refractivity contribution in [3.05, 3.63) is 46.1 Å². The Bertz CT molecular complexity index is 792. The number of nitrogens with one attached hydrogen (secondary N) is 2. The minimum atomic E-state index is -4.00. The monoisotopic (exact) mass is 293 g/mol. The summed E-state index contributed by atoms with van der Waals surface area (Å²) in [7, 11) is -4.00. The average Bonchev–Trinajstić information content (AvgIpc) is 2.93. The Labute approximate surface area is 113 Å². The van der Waals surface area contributed by atoms with Gasteiger partial charge in [-0.2, -0.15) is 18.8 Å². The molecule has 1 heterocycles. The van der Waals surface area contributed by atoms with E-state index in [-0.39, 0.29) is 16.3 Å². The molecule has 0 saturated heterocycles. The van der Waals surface area contributed by atoms with E-state index in [9.17, 15) is 18.5 Å². The lowest BCUT2D eigenvalue weighted by atomic mass is 10.2. The summed E-state index contributed by atoms with van der Waals surface area (Å²) < 4.78 is 25.9. The highest BCUT2D eigenvalue weighted by Gasteiger charge is 2.22. The highest BCUT2D eigenvalue weighted by molar-refractivity contribution is 7.92. The van der Waals surface area contributed by atoms with Crippen LogP contribution in [0.5, 0.6) is 0 Å². The van der Waals surface area contributed by atoms with E-state index in [1.807, 2.05) is 0 Å². The molecule has 0 unspecified atom stereocenters. The number of rotatable bonds is 4. The fourth-order valence-electron chi connectivity index (χ4n) is 1.43. The van der Waals surface area contributed by atoms with Gasteiger partial charge in [-0.3, -0.25) is 19.9 Å². The zero-order valence-corrected chi connectivity index (χ0v) is 10.6. The number of sulfonamides is 1. The van der Waals surface area contributed by atoms with Gasteiger partial charge in [0.1, 0.15) is 5.69 Å². The maximum Gasteiger partial charge on any atom is 0.294 e. The van der Waals surface area contributed by atoms with Gasteiger partial charge in [-0.05, 0) is 18.2 Å². The molecule has 0 saturated carbocycles. The number of nitriles is 1. The van der Waals surface area contributed by atoms with Crippen LogP contribution in [-0.4, -0.2) is 23.5 Å². The van der Waals surface area contributed by atoms with Gasteiger partial charge in [-0.15, -0.1) is 0 Å². The highest BCUT2D eigenvalue weighted by atomic mass is 32.2. The van der Waals surface area contributed by atoms with Gasteiger partial charge in [0.2, 0.25) is 0 Å². The maximum absolute atomic E-state index is 11.9. The molecule has 102 valence electrons.